The molecule has 0 aliphatic carbocycles. The van der Waals surface area contributed by atoms with E-state index in [9.17, 15) is 0 Å². The SMILES string of the molecule is CCCO.NC(CO)(CO)CO. The van der Waals surface area contributed by atoms with E-state index >= 15 is 0 Å². The average molecular weight is 181 g/mol. The molecule has 0 spiro atoms. The lowest BCUT2D eigenvalue weighted by Crippen LogP contribution is -2.50. The van der Waals surface area contributed by atoms with Crippen LogP contribution < -0.4 is 5.73 Å². The van der Waals surface area contributed by atoms with Crippen LogP contribution in [0.3, 0.4) is 0 Å². The maximum atomic E-state index is 8.34. The van der Waals surface area contributed by atoms with Gasteiger partial charge in [-0.1, -0.05) is 6.92 Å². The van der Waals surface area contributed by atoms with E-state index in [0.717, 1.165) is 6.42 Å². The topological polar surface area (TPSA) is 107 Å². The molecule has 0 heterocycles. The first-order valence-corrected chi connectivity index (χ1v) is 3.82. The van der Waals surface area contributed by atoms with Crippen LogP contribution in [0.5, 0.6) is 0 Å². The number of aliphatic hydroxyl groups is 4. The van der Waals surface area contributed by atoms with Gasteiger partial charge in [-0.2, -0.15) is 0 Å². The molecule has 0 saturated carbocycles. The highest BCUT2D eigenvalue weighted by molar-refractivity contribution is 4.80. The smallest absolute Gasteiger partial charge is 0.0856 e. The van der Waals surface area contributed by atoms with Gasteiger partial charge in [-0.05, 0) is 6.42 Å². The first-order chi connectivity index (χ1) is 5.60. The molecular formula is C7H19NO4. The van der Waals surface area contributed by atoms with Gasteiger partial charge in [0.15, 0.2) is 0 Å². The molecule has 0 fully saturated rings. The minimum Gasteiger partial charge on any atom is -0.396 e. The van der Waals surface area contributed by atoms with Gasteiger partial charge in [-0.3, -0.25) is 0 Å². The molecule has 5 nitrogen and oxygen atoms in total. The fraction of sp³-hybridized carbons (Fsp3) is 1.00. The minimum absolute atomic E-state index is 0.319. The van der Waals surface area contributed by atoms with Crippen molar-refractivity contribution in [2.45, 2.75) is 18.9 Å². The summed E-state index contributed by atoms with van der Waals surface area (Å²) in [6.07, 6.45) is 0.875. The van der Waals surface area contributed by atoms with Crippen LogP contribution in [-0.2, 0) is 0 Å². The van der Waals surface area contributed by atoms with E-state index in [4.69, 9.17) is 26.2 Å². The summed E-state index contributed by atoms with van der Waals surface area (Å²) in [7, 11) is 0. The molecule has 76 valence electrons. The summed E-state index contributed by atoms with van der Waals surface area (Å²) in [6.45, 7) is 1.04. The van der Waals surface area contributed by atoms with Crippen molar-refractivity contribution in [3.63, 3.8) is 0 Å². The van der Waals surface area contributed by atoms with Gasteiger partial charge in [-0.25, -0.2) is 0 Å². The van der Waals surface area contributed by atoms with Crippen LogP contribution in [-0.4, -0.2) is 52.4 Å². The highest BCUT2D eigenvalue weighted by Crippen LogP contribution is 1.93. The van der Waals surface area contributed by atoms with Crippen LogP contribution in [0.1, 0.15) is 13.3 Å². The van der Waals surface area contributed by atoms with E-state index in [2.05, 4.69) is 0 Å². The molecule has 0 rings (SSSR count). The maximum Gasteiger partial charge on any atom is 0.0856 e. The summed E-state index contributed by atoms with van der Waals surface area (Å²) in [6, 6.07) is 0. The predicted molar refractivity (Wildman–Crippen MR) is 45.6 cm³/mol. The first-order valence-electron chi connectivity index (χ1n) is 3.82. The Balaban J connectivity index is 0. The zero-order valence-corrected chi connectivity index (χ0v) is 7.40. The highest BCUT2D eigenvalue weighted by Gasteiger charge is 2.20. The van der Waals surface area contributed by atoms with E-state index in [1.807, 2.05) is 6.92 Å². The summed E-state index contributed by atoms with van der Waals surface area (Å²) >= 11 is 0. The summed E-state index contributed by atoms with van der Waals surface area (Å²) in [4.78, 5) is 0. The molecule has 0 aliphatic rings. The minimum atomic E-state index is -1.21. The number of nitrogens with two attached hydrogens (primary N) is 1. The van der Waals surface area contributed by atoms with Gasteiger partial charge in [0.2, 0.25) is 0 Å². The summed E-state index contributed by atoms with van der Waals surface area (Å²) in [5, 5.41) is 32.9. The Morgan fingerprint density at radius 1 is 1.00 bits per heavy atom. The second-order valence-electron chi connectivity index (χ2n) is 2.56. The third-order valence-electron chi connectivity index (χ3n) is 1.17. The largest absolute Gasteiger partial charge is 0.396 e. The third kappa shape index (κ3) is 7.90. The van der Waals surface area contributed by atoms with Gasteiger partial charge in [0.1, 0.15) is 0 Å². The van der Waals surface area contributed by atoms with Gasteiger partial charge in [-0.15, -0.1) is 0 Å². The molecule has 0 aliphatic heterocycles. The summed E-state index contributed by atoms with van der Waals surface area (Å²) in [5.74, 6) is 0. The molecule has 0 amide bonds. The molecule has 5 heteroatoms. The first kappa shape index (κ1) is 14.3. The number of aliphatic hydroxyl groups excluding tert-OH is 4. The van der Waals surface area contributed by atoms with Crippen molar-refractivity contribution < 1.29 is 20.4 Å². The molecule has 0 unspecified atom stereocenters. The Bertz CT molecular complexity index is 75.2. The standard InChI is InChI=1S/C4H11NO3.C3H8O/c5-4(1-6,2-7)3-8;1-2-3-4/h6-8H,1-3,5H2;4H,2-3H2,1H3. The summed E-state index contributed by atoms with van der Waals surface area (Å²) in [5.41, 5.74) is 3.94. The fourth-order valence-corrected chi connectivity index (χ4v) is 0.150. The van der Waals surface area contributed by atoms with Crippen molar-refractivity contribution in [3.8, 4) is 0 Å². The van der Waals surface area contributed by atoms with Crippen LogP contribution in [0.15, 0.2) is 0 Å². The Labute approximate surface area is 72.5 Å². The Morgan fingerprint density at radius 3 is 1.25 bits per heavy atom. The molecule has 0 aromatic carbocycles. The molecule has 6 N–H and O–H groups in total. The fourth-order valence-electron chi connectivity index (χ4n) is 0.150. The van der Waals surface area contributed by atoms with Gasteiger partial charge in [0.25, 0.3) is 0 Å². The molecule has 0 aromatic heterocycles. The molecule has 0 bridgehead atoms. The zero-order chi connectivity index (χ0) is 10.0. The van der Waals surface area contributed by atoms with Crippen molar-refractivity contribution in [2.75, 3.05) is 26.4 Å². The number of hydrogen-bond donors (Lipinski definition) is 5. The van der Waals surface area contributed by atoms with Crippen molar-refractivity contribution in [1.29, 1.82) is 0 Å². The Hall–Kier alpha value is -0.200. The lowest BCUT2D eigenvalue weighted by atomic mass is 10.1. The second-order valence-corrected chi connectivity index (χ2v) is 2.56. The zero-order valence-electron chi connectivity index (χ0n) is 7.40. The summed E-state index contributed by atoms with van der Waals surface area (Å²) < 4.78 is 0. The van der Waals surface area contributed by atoms with Crippen LogP contribution in [0.25, 0.3) is 0 Å². The van der Waals surface area contributed by atoms with Gasteiger partial charge >= 0.3 is 0 Å². The van der Waals surface area contributed by atoms with E-state index < -0.39 is 25.4 Å². The van der Waals surface area contributed by atoms with Crippen molar-refractivity contribution >= 4 is 0 Å². The Morgan fingerprint density at radius 2 is 1.25 bits per heavy atom. The monoisotopic (exact) mass is 181 g/mol. The van der Waals surface area contributed by atoms with E-state index in [0.29, 0.717) is 6.61 Å². The van der Waals surface area contributed by atoms with Gasteiger partial charge in [0, 0.05) is 6.61 Å². The normalized spacial score (nSPS) is 10.5. The van der Waals surface area contributed by atoms with Gasteiger partial charge < -0.3 is 26.2 Å². The number of hydrogen-bond acceptors (Lipinski definition) is 5. The third-order valence-corrected chi connectivity index (χ3v) is 1.17. The van der Waals surface area contributed by atoms with E-state index in [-0.39, 0.29) is 0 Å². The van der Waals surface area contributed by atoms with Crippen LogP contribution >= 0.6 is 0 Å². The molecule has 0 radical (unpaired) electrons. The molecule has 12 heavy (non-hydrogen) atoms. The van der Waals surface area contributed by atoms with Crippen molar-refractivity contribution in [2.24, 2.45) is 5.73 Å². The van der Waals surface area contributed by atoms with E-state index in [1.165, 1.54) is 0 Å². The second kappa shape index (κ2) is 8.89. The number of rotatable bonds is 4. The van der Waals surface area contributed by atoms with Crippen molar-refractivity contribution in [1.82, 2.24) is 0 Å². The van der Waals surface area contributed by atoms with E-state index in [1.54, 1.807) is 0 Å². The molecule has 0 saturated heterocycles. The average Bonchev–Trinajstić information content (AvgIpc) is 2.17. The predicted octanol–water partition coefficient (Wildman–Crippen LogP) is -1.95. The maximum absolute atomic E-state index is 8.34. The van der Waals surface area contributed by atoms with Crippen LogP contribution in [0, 0.1) is 0 Å². The van der Waals surface area contributed by atoms with Gasteiger partial charge in [0.05, 0.1) is 25.4 Å². The lowest BCUT2D eigenvalue weighted by Gasteiger charge is -2.20. The van der Waals surface area contributed by atoms with Crippen LogP contribution in [0.2, 0.25) is 0 Å². The Kier molecular flexibility index (Phi) is 10.6. The highest BCUT2D eigenvalue weighted by atomic mass is 16.3. The quantitative estimate of drug-likeness (QED) is 0.346. The molecule has 0 atom stereocenters. The molecule has 0 aromatic rings. The van der Waals surface area contributed by atoms with Crippen molar-refractivity contribution in [3.05, 3.63) is 0 Å². The lowest BCUT2D eigenvalue weighted by molar-refractivity contribution is 0.0698. The van der Waals surface area contributed by atoms with Crippen LogP contribution in [0.4, 0.5) is 0 Å². The molecular weight excluding hydrogens is 162 g/mol.